The Kier molecular flexibility index (Phi) is 2.60. The van der Waals surface area contributed by atoms with Crippen LogP contribution in [0.2, 0.25) is 0 Å². The molecule has 0 aromatic heterocycles. The number of benzene rings is 1. The van der Waals surface area contributed by atoms with Crippen LogP contribution in [-0.4, -0.2) is 5.05 Å². The summed E-state index contributed by atoms with van der Waals surface area (Å²) in [5.41, 5.74) is 1.18. The summed E-state index contributed by atoms with van der Waals surface area (Å²) < 4.78 is 5.23. The molecule has 1 rings (SSSR count). The zero-order valence-corrected chi connectivity index (χ0v) is 7.44. The standard InChI is InChI=1S/C9H10OS/c1-7-4-3-5-9(6-7)10-8(2)11/h3-6H,1-2H3. The van der Waals surface area contributed by atoms with Crippen LogP contribution in [-0.2, 0) is 0 Å². The lowest BCUT2D eigenvalue weighted by Crippen LogP contribution is -1.98. The van der Waals surface area contributed by atoms with Gasteiger partial charge in [0.25, 0.3) is 0 Å². The summed E-state index contributed by atoms with van der Waals surface area (Å²) in [5.74, 6) is 0.817. The van der Waals surface area contributed by atoms with Crippen molar-refractivity contribution in [3.05, 3.63) is 29.8 Å². The molecule has 0 fully saturated rings. The molecule has 0 aliphatic carbocycles. The van der Waals surface area contributed by atoms with E-state index in [-0.39, 0.29) is 0 Å². The van der Waals surface area contributed by atoms with Gasteiger partial charge in [-0.25, -0.2) is 0 Å². The van der Waals surface area contributed by atoms with Crippen LogP contribution < -0.4 is 4.74 Å². The Morgan fingerprint density at radius 1 is 1.45 bits per heavy atom. The minimum Gasteiger partial charge on any atom is -0.451 e. The Labute approximate surface area is 72.0 Å². The molecule has 0 N–H and O–H groups in total. The topological polar surface area (TPSA) is 9.23 Å². The van der Waals surface area contributed by atoms with Gasteiger partial charge in [0.15, 0.2) is 5.05 Å². The molecule has 0 amide bonds. The summed E-state index contributed by atoms with van der Waals surface area (Å²) >= 11 is 4.80. The van der Waals surface area contributed by atoms with Gasteiger partial charge in [0, 0.05) is 6.92 Å². The fraction of sp³-hybridized carbons (Fsp3) is 0.222. The predicted octanol–water partition coefficient (Wildman–Crippen LogP) is 2.72. The van der Waals surface area contributed by atoms with Crippen molar-refractivity contribution in [2.45, 2.75) is 13.8 Å². The number of hydrogen-bond donors (Lipinski definition) is 0. The second-order valence-corrected chi connectivity index (χ2v) is 2.99. The predicted molar refractivity (Wildman–Crippen MR) is 50.1 cm³/mol. The van der Waals surface area contributed by atoms with E-state index in [9.17, 15) is 0 Å². The molecule has 1 nitrogen and oxygen atoms in total. The van der Waals surface area contributed by atoms with Crippen molar-refractivity contribution in [3.8, 4) is 5.75 Å². The van der Waals surface area contributed by atoms with Crippen molar-refractivity contribution >= 4 is 17.3 Å². The van der Waals surface area contributed by atoms with Crippen LogP contribution >= 0.6 is 12.2 Å². The Hall–Kier alpha value is -0.890. The first-order chi connectivity index (χ1) is 5.18. The SMILES string of the molecule is CC(=S)Oc1cccc(C)c1. The van der Waals surface area contributed by atoms with Crippen molar-refractivity contribution in [2.75, 3.05) is 0 Å². The molecule has 0 saturated heterocycles. The minimum absolute atomic E-state index is 0.551. The van der Waals surface area contributed by atoms with Crippen molar-refractivity contribution in [3.63, 3.8) is 0 Å². The molecule has 0 spiro atoms. The third-order valence-corrected chi connectivity index (χ3v) is 1.33. The first kappa shape index (κ1) is 8.21. The average molecular weight is 166 g/mol. The van der Waals surface area contributed by atoms with Gasteiger partial charge in [0.05, 0.1) is 0 Å². The molecule has 0 radical (unpaired) electrons. The highest BCUT2D eigenvalue weighted by Gasteiger charge is 1.93. The van der Waals surface area contributed by atoms with E-state index in [1.54, 1.807) is 6.92 Å². The molecule has 0 unspecified atom stereocenters. The van der Waals surface area contributed by atoms with Gasteiger partial charge in [-0.1, -0.05) is 12.1 Å². The van der Waals surface area contributed by atoms with Gasteiger partial charge in [-0.2, -0.15) is 0 Å². The van der Waals surface area contributed by atoms with Crippen molar-refractivity contribution < 1.29 is 4.74 Å². The van der Waals surface area contributed by atoms with Crippen molar-refractivity contribution in [1.29, 1.82) is 0 Å². The highest BCUT2D eigenvalue weighted by Crippen LogP contribution is 2.12. The summed E-state index contributed by atoms with van der Waals surface area (Å²) in [6.07, 6.45) is 0. The van der Waals surface area contributed by atoms with Gasteiger partial charge in [-0.15, -0.1) is 0 Å². The second kappa shape index (κ2) is 3.49. The summed E-state index contributed by atoms with van der Waals surface area (Å²) in [4.78, 5) is 0. The molecule has 1 aromatic carbocycles. The monoisotopic (exact) mass is 166 g/mol. The summed E-state index contributed by atoms with van der Waals surface area (Å²) in [6, 6.07) is 7.81. The fourth-order valence-corrected chi connectivity index (χ4v) is 0.941. The maximum absolute atomic E-state index is 5.23. The number of rotatable bonds is 1. The van der Waals surface area contributed by atoms with Crippen LogP contribution in [0.3, 0.4) is 0 Å². The lowest BCUT2D eigenvalue weighted by molar-refractivity contribution is 0.561. The van der Waals surface area contributed by atoms with Gasteiger partial charge in [-0.05, 0) is 36.8 Å². The van der Waals surface area contributed by atoms with Crippen molar-refractivity contribution in [2.24, 2.45) is 0 Å². The third-order valence-electron chi connectivity index (χ3n) is 1.25. The molecule has 2 heteroatoms. The Morgan fingerprint density at radius 3 is 2.73 bits per heavy atom. The first-order valence-electron chi connectivity index (χ1n) is 3.43. The largest absolute Gasteiger partial charge is 0.451 e. The zero-order chi connectivity index (χ0) is 8.27. The van der Waals surface area contributed by atoms with Gasteiger partial charge >= 0.3 is 0 Å². The van der Waals surface area contributed by atoms with Gasteiger partial charge < -0.3 is 4.74 Å². The third kappa shape index (κ3) is 2.68. The van der Waals surface area contributed by atoms with Crippen LogP contribution in [0.1, 0.15) is 12.5 Å². The smallest absolute Gasteiger partial charge is 0.164 e. The Bertz CT molecular complexity index is 268. The zero-order valence-electron chi connectivity index (χ0n) is 6.63. The number of aryl methyl sites for hydroxylation is 1. The molecule has 0 bridgehead atoms. The lowest BCUT2D eigenvalue weighted by atomic mass is 10.2. The molecular weight excluding hydrogens is 156 g/mol. The summed E-state index contributed by atoms with van der Waals surface area (Å²) in [7, 11) is 0. The molecule has 0 heterocycles. The minimum atomic E-state index is 0.551. The van der Waals surface area contributed by atoms with Gasteiger partial charge in [-0.3, -0.25) is 0 Å². The normalized spacial score (nSPS) is 9.27. The maximum atomic E-state index is 5.23. The van der Waals surface area contributed by atoms with Crippen LogP contribution in [0.5, 0.6) is 5.75 Å². The van der Waals surface area contributed by atoms with Crippen LogP contribution in [0.15, 0.2) is 24.3 Å². The number of ether oxygens (including phenoxy) is 1. The molecular formula is C9H10OS. The van der Waals surface area contributed by atoms with Crippen molar-refractivity contribution in [1.82, 2.24) is 0 Å². The Morgan fingerprint density at radius 2 is 2.18 bits per heavy atom. The van der Waals surface area contributed by atoms with Crippen LogP contribution in [0, 0.1) is 6.92 Å². The molecule has 0 aliphatic heterocycles. The second-order valence-electron chi connectivity index (χ2n) is 2.41. The van der Waals surface area contributed by atoms with Crippen LogP contribution in [0.4, 0.5) is 0 Å². The average Bonchev–Trinajstić information content (AvgIpc) is 1.85. The quantitative estimate of drug-likeness (QED) is 0.593. The maximum Gasteiger partial charge on any atom is 0.164 e. The summed E-state index contributed by atoms with van der Waals surface area (Å²) in [6.45, 7) is 3.78. The van der Waals surface area contributed by atoms with E-state index in [1.807, 2.05) is 31.2 Å². The highest BCUT2D eigenvalue weighted by molar-refractivity contribution is 7.80. The van der Waals surface area contributed by atoms with E-state index in [4.69, 9.17) is 17.0 Å². The van der Waals surface area contributed by atoms with E-state index in [0.29, 0.717) is 5.05 Å². The molecule has 11 heavy (non-hydrogen) atoms. The molecule has 0 saturated carbocycles. The molecule has 0 aliphatic rings. The molecule has 58 valence electrons. The van der Waals surface area contributed by atoms with E-state index >= 15 is 0 Å². The fourth-order valence-electron chi connectivity index (χ4n) is 0.845. The first-order valence-corrected chi connectivity index (χ1v) is 3.84. The van der Waals surface area contributed by atoms with E-state index < -0.39 is 0 Å². The van der Waals surface area contributed by atoms with Crippen LogP contribution in [0.25, 0.3) is 0 Å². The molecule has 0 atom stereocenters. The van der Waals surface area contributed by atoms with Gasteiger partial charge in [0.1, 0.15) is 5.75 Å². The van der Waals surface area contributed by atoms with Gasteiger partial charge in [0.2, 0.25) is 0 Å². The summed E-state index contributed by atoms with van der Waals surface area (Å²) in [5, 5.41) is 0.551. The number of thiocarbonyl (C=S) groups is 1. The van der Waals surface area contributed by atoms with E-state index in [1.165, 1.54) is 5.56 Å². The lowest BCUT2D eigenvalue weighted by Gasteiger charge is -2.02. The van der Waals surface area contributed by atoms with E-state index in [0.717, 1.165) is 5.75 Å². The molecule has 1 aromatic rings. The number of hydrogen-bond acceptors (Lipinski definition) is 2. The van der Waals surface area contributed by atoms with E-state index in [2.05, 4.69) is 0 Å². The highest BCUT2D eigenvalue weighted by atomic mass is 32.1. The Balaban J connectivity index is 2.79.